The van der Waals surface area contributed by atoms with Gasteiger partial charge in [0.2, 0.25) is 0 Å². The van der Waals surface area contributed by atoms with Crippen molar-refractivity contribution in [2.75, 3.05) is 14.2 Å². The van der Waals surface area contributed by atoms with Crippen LogP contribution >= 0.6 is 11.6 Å². The molecule has 1 atom stereocenters. The minimum absolute atomic E-state index is 0.519. The van der Waals surface area contributed by atoms with Crippen molar-refractivity contribution < 1.29 is 14.6 Å². The molecule has 0 aliphatic carbocycles. The van der Waals surface area contributed by atoms with Crippen molar-refractivity contribution in [1.82, 2.24) is 0 Å². The minimum atomic E-state index is -0.908. The molecule has 0 aliphatic heterocycles. The summed E-state index contributed by atoms with van der Waals surface area (Å²) >= 11 is 6.22. The fourth-order valence-electron chi connectivity index (χ4n) is 2.16. The maximum atomic E-state index is 10.6. The van der Waals surface area contributed by atoms with E-state index in [1.54, 1.807) is 26.4 Å². The third-order valence-electron chi connectivity index (χ3n) is 3.19. The van der Waals surface area contributed by atoms with Crippen LogP contribution in [-0.4, -0.2) is 19.3 Å². The van der Waals surface area contributed by atoms with E-state index in [2.05, 4.69) is 0 Å². The van der Waals surface area contributed by atoms with Crippen LogP contribution in [0.25, 0.3) is 0 Å². The summed E-state index contributed by atoms with van der Waals surface area (Å²) in [6.45, 7) is 1.95. The number of hydrogen-bond donors (Lipinski definition) is 1. The summed E-state index contributed by atoms with van der Waals surface area (Å²) in [6, 6.07) is 10.9. The predicted molar refractivity (Wildman–Crippen MR) is 79.8 cm³/mol. The molecule has 4 heteroatoms. The van der Waals surface area contributed by atoms with Crippen molar-refractivity contribution >= 4 is 11.6 Å². The van der Waals surface area contributed by atoms with Crippen molar-refractivity contribution in [3.63, 3.8) is 0 Å². The zero-order valence-electron chi connectivity index (χ0n) is 11.7. The number of rotatable bonds is 4. The number of aryl methyl sites for hydroxylation is 1. The normalized spacial score (nSPS) is 12.1. The molecule has 20 heavy (non-hydrogen) atoms. The molecule has 1 unspecified atom stereocenters. The molecule has 0 heterocycles. The van der Waals surface area contributed by atoms with Crippen molar-refractivity contribution in [1.29, 1.82) is 0 Å². The van der Waals surface area contributed by atoms with Crippen molar-refractivity contribution in [3.05, 3.63) is 58.1 Å². The summed E-state index contributed by atoms with van der Waals surface area (Å²) in [7, 11) is 3.11. The van der Waals surface area contributed by atoms with Gasteiger partial charge in [-0.25, -0.2) is 0 Å². The molecule has 0 spiro atoms. The summed E-state index contributed by atoms with van der Waals surface area (Å²) in [4.78, 5) is 0. The first-order valence-electron chi connectivity index (χ1n) is 6.23. The van der Waals surface area contributed by atoms with Crippen molar-refractivity contribution in [3.8, 4) is 11.5 Å². The van der Waals surface area contributed by atoms with Crippen LogP contribution in [0.2, 0.25) is 5.02 Å². The van der Waals surface area contributed by atoms with E-state index in [1.165, 1.54) is 0 Å². The summed E-state index contributed by atoms with van der Waals surface area (Å²) in [5.41, 5.74) is 2.24. The molecule has 0 amide bonds. The van der Waals surface area contributed by atoms with E-state index in [0.29, 0.717) is 27.6 Å². The molecule has 0 aliphatic rings. The van der Waals surface area contributed by atoms with Gasteiger partial charge in [0.15, 0.2) is 0 Å². The average molecular weight is 293 g/mol. The first-order valence-corrected chi connectivity index (χ1v) is 6.61. The van der Waals surface area contributed by atoms with Crippen molar-refractivity contribution in [2.24, 2.45) is 0 Å². The highest BCUT2D eigenvalue weighted by Gasteiger charge is 2.22. The Kier molecular flexibility index (Phi) is 4.53. The van der Waals surface area contributed by atoms with Crippen LogP contribution in [0.1, 0.15) is 22.8 Å². The highest BCUT2D eigenvalue weighted by Crippen LogP contribution is 2.39. The molecular weight excluding hydrogens is 276 g/mol. The Bertz CT molecular complexity index is 588. The van der Waals surface area contributed by atoms with E-state index in [0.717, 1.165) is 5.56 Å². The zero-order chi connectivity index (χ0) is 14.7. The van der Waals surface area contributed by atoms with Gasteiger partial charge in [-0.15, -0.1) is 0 Å². The third-order valence-corrected chi connectivity index (χ3v) is 3.52. The van der Waals surface area contributed by atoms with Gasteiger partial charge in [-0.2, -0.15) is 0 Å². The lowest BCUT2D eigenvalue weighted by molar-refractivity contribution is 0.209. The first-order chi connectivity index (χ1) is 9.58. The fraction of sp³-hybridized carbons (Fsp3) is 0.250. The number of aliphatic hydroxyl groups is 1. The second-order valence-corrected chi connectivity index (χ2v) is 4.91. The zero-order valence-corrected chi connectivity index (χ0v) is 12.4. The average Bonchev–Trinajstić information content (AvgIpc) is 2.45. The van der Waals surface area contributed by atoms with Crippen LogP contribution in [0.4, 0.5) is 0 Å². The largest absolute Gasteiger partial charge is 0.496 e. The molecule has 3 nitrogen and oxygen atoms in total. The fourth-order valence-corrected chi connectivity index (χ4v) is 2.50. The second-order valence-electron chi connectivity index (χ2n) is 4.50. The molecule has 106 valence electrons. The standard InChI is InChI=1S/C16H17ClO3/c1-10-7-8-11(12(17)9-10)16(18)15-13(19-2)5-4-6-14(15)20-3/h4-9,16,18H,1-3H3. The van der Waals surface area contributed by atoms with E-state index in [1.807, 2.05) is 31.2 Å². The first kappa shape index (κ1) is 14.7. The second kappa shape index (κ2) is 6.16. The summed E-state index contributed by atoms with van der Waals surface area (Å²) in [5, 5.41) is 11.2. The Balaban J connectivity index is 2.55. The third kappa shape index (κ3) is 2.74. The number of aliphatic hydroxyl groups excluding tert-OH is 1. The maximum Gasteiger partial charge on any atom is 0.128 e. The summed E-state index contributed by atoms with van der Waals surface area (Å²) < 4.78 is 10.6. The Morgan fingerprint density at radius 1 is 1.05 bits per heavy atom. The van der Waals surface area contributed by atoms with E-state index in [-0.39, 0.29) is 0 Å². The van der Waals surface area contributed by atoms with E-state index >= 15 is 0 Å². The van der Waals surface area contributed by atoms with Crippen LogP contribution < -0.4 is 9.47 Å². The predicted octanol–water partition coefficient (Wildman–Crippen LogP) is 3.75. The van der Waals surface area contributed by atoms with Crippen LogP contribution in [0.5, 0.6) is 11.5 Å². The van der Waals surface area contributed by atoms with Gasteiger partial charge in [0.25, 0.3) is 0 Å². The molecular formula is C16H17ClO3. The SMILES string of the molecule is COc1cccc(OC)c1C(O)c1ccc(C)cc1Cl. The number of halogens is 1. The smallest absolute Gasteiger partial charge is 0.128 e. The van der Waals surface area contributed by atoms with Gasteiger partial charge >= 0.3 is 0 Å². The molecule has 0 saturated carbocycles. The van der Waals surface area contributed by atoms with E-state index in [4.69, 9.17) is 21.1 Å². The highest BCUT2D eigenvalue weighted by atomic mass is 35.5. The van der Waals surface area contributed by atoms with Gasteiger partial charge in [0.1, 0.15) is 17.6 Å². The lowest BCUT2D eigenvalue weighted by Gasteiger charge is -2.19. The van der Waals surface area contributed by atoms with Crippen LogP contribution in [0, 0.1) is 6.92 Å². The number of benzene rings is 2. The molecule has 2 aromatic rings. The number of methoxy groups -OCH3 is 2. The Morgan fingerprint density at radius 3 is 2.15 bits per heavy atom. The lowest BCUT2D eigenvalue weighted by atomic mass is 9.98. The topological polar surface area (TPSA) is 38.7 Å². The van der Waals surface area contributed by atoms with Gasteiger partial charge in [-0.05, 0) is 30.7 Å². The van der Waals surface area contributed by atoms with Crippen LogP contribution in [-0.2, 0) is 0 Å². The molecule has 0 radical (unpaired) electrons. The lowest BCUT2D eigenvalue weighted by Crippen LogP contribution is -2.05. The maximum absolute atomic E-state index is 10.6. The van der Waals surface area contributed by atoms with E-state index < -0.39 is 6.10 Å². The van der Waals surface area contributed by atoms with Gasteiger partial charge in [0.05, 0.1) is 19.8 Å². The van der Waals surface area contributed by atoms with Gasteiger partial charge in [0, 0.05) is 10.6 Å². The number of hydrogen-bond acceptors (Lipinski definition) is 3. The van der Waals surface area contributed by atoms with Crippen LogP contribution in [0.15, 0.2) is 36.4 Å². The molecule has 0 aromatic heterocycles. The highest BCUT2D eigenvalue weighted by molar-refractivity contribution is 6.31. The molecule has 0 bridgehead atoms. The molecule has 1 N–H and O–H groups in total. The summed E-state index contributed by atoms with van der Waals surface area (Å²) in [5.74, 6) is 1.13. The molecule has 0 saturated heterocycles. The Morgan fingerprint density at radius 2 is 1.65 bits per heavy atom. The molecule has 2 rings (SSSR count). The van der Waals surface area contributed by atoms with Crippen molar-refractivity contribution in [2.45, 2.75) is 13.0 Å². The minimum Gasteiger partial charge on any atom is -0.496 e. The Hall–Kier alpha value is -1.71. The number of ether oxygens (including phenoxy) is 2. The molecule has 2 aromatic carbocycles. The summed E-state index contributed by atoms with van der Waals surface area (Å²) in [6.07, 6.45) is -0.908. The van der Waals surface area contributed by atoms with E-state index in [9.17, 15) is 5.11 Å². The quantitative estimate of drug-likeness (QED) is 0.933. The monoisotopic (exact) mass is 292 g/mol. The van der Waals surface area contributed by atoms with Gasteiger partial charge in [-0.1, -0.05) is 29.8 Å². The Labute approximate surface area is 123 Å². The van der Waals surface area contributed by atoms with Gasteiger partial charge < -0.3 is 14.6 Å². The van der Waals surface area contributed by atoms with Crippen LogP contribution in [0.3, 0.4) is 0 Å². The molecule has 0 fully saturated rings. The van der Waals surface area contributed by atoms with Gasteiger partial charge in [-0.3, -0.25) is 0 Å².